The molecule has 16 heavy (non-hydrogen) atoms. The lowest BCUT2D eigenvalue weighted by atomic mass is 10.2. The van der Waals surface area contributed by atoms with Crippen molar-refractivity contribution in [2.75, 3.05) is 16.8 Å². The van der Waals surface area contributed by atoms with Crippen LogP contribution in [0.2, 0.25) is 5.02 Å². The average Bonchev–Trinajstić information content (AvgIpc) is 2.63. The van der Waals surface area contributed by atoms with Gasteiger partial charge in [-0.05, 0) is 27.9 Å². The van der Waals surface area contributed by atoms with Crippen LogP contribution < -0.4 is 4.90 Å². The van der Waals surface area contributed by atoms with E-state index in [0.29, 0.717) is 28.5 Å². The van der Waals surface area contributed by atoms with E-state index in [1.165, 1.54) is 0 Å². The van der Waals surface area contributed by atoms with E-state index >= 15 is 0 Å². The maximum Gasteiger partial charge on any atom is 0.227 e. The van der Waals surface area contributed by atoms with Gasteiger partial charge in [-0.15, -0.1) is 0 Å². The van der Waals surface area contributed by atoms with Crippen molar-refractivity contribution < 1.29 is 4.79 Å². The van der Waals surface area contributed by atoms with Crippen LogP contribution in [0.4, 0.5) is 5.69 Å². The highest BCUT2D eigenvalue weighted by atomic mass is 79.9. The fraction of sp³-hybridized carbons (Fsp3) is 0.400. The molecule has 0 saturated carbocycles. The van der Waals surface area contributed by atoms with E-state index in [4.69, 9.17) is 11.6 Å². The standard InChI is InChI=1S/C10H9Br2ClN2O/c11-3-6-1-9(16)15(5-6)8-2-7(13)4-14-10(8)12/h2,4,6H,1,3,5H2. The number of carbonyl (C=O) groups excluding carboxylic acids is 1. The van der Waals surface area contributed by atoms with E-state index in [1.807, 2.05) is 0 Å². The molecule has 6 heteroatoms. The fourth-order valence-electron chi connectivity index (χ4n) is 1.72. The summed E-state index contributed by atoms with van der Waals surface area (Å²) >= 11 is 12.6. The zero-order chi connectivity index (χ0) is 11.7. The minimum atomic E-state index is 0.120. The largest absolute Gasteiger partial charge is 0.309 e. The second kappa shape index (κ2) is 5.02. The Bertz CT molecular complexity index is 427. The molecule has 2 rings (SSSR count). The quantitative estimate of drug-likeness (QED) is 0.593. The number of halogens is 3. The summed E-state index contributed by atoms with van der Waals surface area (Å²) in [6, 6.07) is 1.76. The fourth-order valence-corrected chi connectivity index (χ4v) is 2.74. The molecular formula is C10H9Br2ClN2O. The minimum Gasteiger partial charge on any atom is -0.309 e. The van der Waals surface area contributed by atoms with E-state index in [0.717, 1.165) is 11.0 Å². The Kier molecular flexibility index (Phi) is 3.87. The number of alkyl halides is 1. The molecule has 1 amide bonds. The summed E-state index contributed by atoms with van der Waals surface area (Å²) in [5, 5.41) is 1.37. The van der Waals surface area contributed by atoms with Crippen LogP contribution in [0, 0.1) is 5.92 Å². The van der Waals surface area contributed by atoms with Crippen molar-refractivity contribution >= 4 is 55.1 Å². The van der Waals surface area contributed by atoms with Gasteiger partial charge < -0.3 is 4.90 Å². The van der Waals surface area contributed by atoms with E-state index in [2.05, 4.69) is 36.8 Å². The predicted octanol–water partition coefficient (Wildman–Crippen LogP) is 3.25. The Hall–Kier alpha value is -0.130. The highest BCUT2D eigenvalue weighted by Gasteiger charge is 2.31. The first-order valence-corrected chi connectivity index (χ1v) is 7.08. The Balaban J connectivity index is 2.30. The van der Waals surface area contributed by atoms with Gasteiger partial charge in [-0.2, -0.15) is 0 Å². The number of carbonyl (C=O) groups is 1. The van der Waals surface area contributed by atoms with Crippen molar-refractivity contribution in [2.24, 2.45) is 5.92 Å². The molecule has 1 fully saturated rings. The second-order valence-electron chi connectivity index (χ2n) is 3.69. The van der Waals surface area contributed by atoms with E-state index in [1.54, 1.807) is 17.2 Å². The molecule has 0 aromatic carbocycles. The third-order valence-electron chi connectivity index (χ3n) is 2.50. The Morgan fingerprint density at radius 2 is 2.38 bits per heavy atom. The smallest absolute Gasteiger partial charge is 0.227 e. The number of nitrogens with zero attached hydrogens (tertiary/aromatic N) is 2. The molecule has 1 saturated heterocycles. The first-order valence-electron chi connectivity index (χ1n) is 4.79. The molecule has 0 bridgehead atoms. The van der Waals surface area contributed by atoms with Gasteiger partial charge in [0.15, 0.2) is 0 Å². The maximum atomic E-state index is 11.8. The molecule has 1 aromatic heterocycles. The third-order valence-corrected chi connectivity index (χ3v) is 4.23. The normalized spacial score (nSPS) is 20.6. The molecule has 0 N–H and O–H groups in total. The van der Waals surface area contributed by atoms with Crippen LogP contribution in [-0.2, 0) is 4.79 Å². The summed E-state index contributed by atoms with van der Waals surface area (Å²) < 4.78 is 0.653. The first kappa shape index (κ1) is 12.3. The lowest BCUT2D eigenvalue weighted by Gasteiger charge is -2.17. The van der Waals surface area contributed by atoms with Gasteiger partial charge in [0, 0.05) is 24.5 Å². The molecule has 3 nitrogen and oxygen atoms in total. The van der Waals surface area contributed by atoms with Crippen LogP contribution >= 0.6 is 43.5 Å². The van der Waals surface area contributed by atoms with Crippen LogP contribution in [0.3, 0.4) is 0 Å². The van der Waals surface area contributed by atoms with Crippen LogP contribution in [-0.4, -0.2) is 22.8 Å². The molecule has 1 atom stereocenters. The molecule has 86 valence electrons. The number of rotatable bonds is 2. The Morgan fingerprint density at radius 3 is 3.00 bits per heavy atom. The molecule has 0 aliphatic carbocycles. The van der Waals surface area contributed by atoms with Gasteiger partial charge in [-0.25, -0.2) is 4.98 Å². The Labute approximate surface area is 115 Å². The lowest BCUT2D eigenvalue weighted by molar-refractivity contribution is -0.117. The zero-order valence-electron chi connectivity index (χ0n) is 8.29. The van der Waals surface area contributed by atoms with Gasteiger partial charge in [0.05, 0.1) is 10.7 Å². The number of hydrogen-bond donors (Lipinski definition) is 0. The van der Waals surface area contributed by atoms with Crippen molar-refractivity contribution in [3.05, 3.63) is 21.9 Å². The summed E-state index contributed by atoms with van der Waals surface area (Å²) in [5.74, 6) is 0.479. The van der Waals surface area contributed by atoms with Crippen LogP contribution in [0.25, 0.3) is 0 Å². The van der Waals surface area contributed by atoms with Crippen LogP contribution in [0.15, 0.2) is 16.9 Å². The zero-order valence-corrected chi connectivity index (χ0v) is 12.2. The summed E-state index contributed by atoms with van der Waals surface area (Å²) in [6.45, 7) is 0.713. The van der Waals surface area contributed by atoms with Gasteiger partial charge >= 0.3 is 0 Å². The van der Waals surface area contributed by atoms with Crippen LogP contribution in [0.5, 0.6) is 0 Å². The van der Waals surface area contributed by atoms with Crippen molar-refractivity contribution in [3.8, 4) is 0 Å². The third kappa shape index (κ3) is 2.41. The molecule has 1 aliphatic rings. The molecule has 1 aliphatic heterocycles. The van der Waals surface area contributed by atoms with E-state index in [9.17, 15) is 4.79 Å². The first-order chi connectivity index (χ1) is 7.61. The summed E-state index contributed by atoms with van der Waals surface area (Å²) in [6.07, 6.45) is 2.13. The van der Waals surface area contributed by atoms with Gasteiger partial charge in [-0.3, -0.25) is 4.79 Å². The number of anilines is 1. The highest BCUT2D eigenvalue weighted by molar-refractivity contribution is 9.10. The van der Waals surface area contributed by atoms with Crippen LogP contribution in [0.1, 0.15) is 6.42 Å². The van der Waals surface area contributed by atoms with Crippen molar-refractivity contribution in [3.63, 3.8) is 0 Å². The average molecular weight is 368 g/mol. The molecule has 0 spiro atoms. The monoisotopic (exact) mass is 366 g/mol. The topological polar surface area (TPSA) is 33.2 Å². The van der Waals surface area contributed by atoms with Gasteiger partial charge in [0.2, 0.25) is 5.91 Å². The van der Waals surface area contributed by atoms with Gasteiger partial charge in [0.1, 0.15) is 4.60 Å². The van der Waals surface area contributed by atoms with Gasteiger partial charge in [0.25, 0.3) is 0 Å². The molecule has 0 radical (unpaired) electrons. The molecule has 1 unspecified atom stereocenters. The maximum absolute atomic E-state index is 11.8. The number of aromatic nitrogens is 1. The number of pyridine rings is 1. The minimum absolute atomic E-state index is 0.120. The summed E-state index contributed by atoms with van der Waals surface area (Å²) in [7, 11) is 0. The van der Waals surface area contributed by atoms with E-state index < -0.39 is 0 Å². The summed E-state index contributed by atoms with van der Waals surface area (Å²) in [4.78, 5) is 17.6. The van der Waals surface area contributed by atoms with Crippen molar-refractivity contribution in [1.82, 2.24) is 4.98 Å². The van der Waals surface area contributed by atoms with E-state index in [-0.39, 0.29) is 5.91 Å². The molecule has 2 heterocycles. The lowest BCUT2D eigenvalue weighted by Crippen LogP contribution is -2.25. The molecular weight excluding hydrogens is 359 g/mol. The van der Waals surface area contributed by atoms with Crippen molar-refractivity contribution in [1.29, 1.82) is 0 Å². The summed E-state index contributed by atoms with van der Waals surface area (Å²) in [5.41, 5.74) is 0.751. The Morgan fingerprint density at radius 1 is 1.62 bits per heavy atom. The second-order valence-corrected chi connectivity index (χ2v) is 5.53. The highest BCUT2D eigenvalue weighted by Crippen LogP contribution is 2.32. The number of hydrogen-bond acceptors (Lipinski definition) is 2. The number of amides is 1. The van der Waals surface area contributed by atoms with Gasteiger partial charge in [-0.1, -0.05) is 27.5 Å². The molecule has 1 aromatic rings. The SMILES string of the molecule is O=C1CC(CBr)CN1c1cc(Cl)cnc1Br. The van der Waals surface area contributed by atoms with Crippen molar-refractivity contribution in [2.45, 2.75) is 6.42 Å². The predicted molar refractivity (Wildman–Crippen MR) is 71.2 cm³/mol.